The van der Waals surface area contributed by atoms with E-state index >= 15 is 0 Å². The smallest absolute Gasteiger partial charge is 0.187 e. The van der Waals surface area contributed by atoms with Crippen LogP contribution in [-0.2, 0) is 13.5 Å². The second kappa shape index (κ2) is 7.87. The van der Waals surface area contributed by atoms with E-state index in [2.05, 4.69) is 23.1 Å². The van der Waals surface area contributed by atoms with Crippen LogP contribution < -0.4 is 0 Å². The predicted octanol–water partition coefficient (Wildman–Crippen LogP) is 5.61. The Kier molecular flexibility index (Phi) is 5.58. The molecule has 1 aromatic carbocycles. The molecule has 0 fully saturated rings. The van der Waals surface area contributed by atoms with E-state index in [1.807, 2.05) is 5.38 Å². The Bertz CT molecular complexity index is 834. The molecule has 132 valence electrons. The van der Waals surface area contributed by atoms with Gasteiger partial charge in [0.2, 0.25) is 0 Å². The third-order valence-electron chi connectivity index (χ3n) is 4.20. The van der Waals surface area contributed by atoms with Crippen LogP contribution in [0.3, 0.4) is 0 Å². The fourth-order valence-electron chi connectivity index (χ4n) is 2.87. The molecular weight excluding hydrogens is 340 g/mol. The van der Waals surface area contributed by atoms with Crippen LogP contribution in [0.2, 0.25) is 0 Å². The number of aryl methyl sites for hydroxylation is 2. The maximum absolute atomic E-state index is 14.0. The van der Waals surface area contributed by atoms with Crippen LogP contribution >= 0.6 is 11.3 Å². The van der Waals surface area contributed by atoms with Gasteiger partial charge in [0.25, 0.3) is 0 Å². The van der Waals surface area contributed by atoms with Crippen LogP contribution in [0, 0.1) is 11.6 Å². The molecule has 25 heavy (non-hydrogen) atoms. The summed E-state index contributed by atoms with van der Waals surface area (Å²) < 4.78 is 29.6. The number of benzene rings is 1. The van der Waals surface area contributed by atoms with Gasteiger partial charge in [-0.15, -0.1) is 11.3 Å². The summed E-state index contributed by atoms with van der Waals surface area (Å²) in [7, 11) is 1.76. The van der Waals surface area contributed by atoms with Crippen molar-refractivity contribution in [2.45, 2.75) is 39.0 Å². The van der Waals surface area contributed by atoms with E-state index in [0.29, 0.717) is 5.82 Å². The van der Waals surface area contributed by atoms with Gasteiger partial charge in [0.15, 0.2) is 11.6 Å². The number of halogens is 2. The third-order valence-corrected chi connectivity index (χ3v) is 5.15. The summed E-state index contributed by atoms with van der Waals surface area (Å²) in [5, 5.41) is 6.27. The number of hydrogen-bond acceptors (Lipinski definition) is 3. The van der Waals surface area contributed by atoms with Gasteiger partial charge < -0.3 is 0 Å². The van der Waals surface area contributed by atoms with Crippen molar-refractivity contribution in [3.63, 3.8) is 0 Å². The molecule has 0 amide bonds. The quantitative estimate of drug-likeness (QED) is 0.512. The van der Waals surface area contributed by atoms with Gasteiger partial charge in [-0.3, -0.25) is 0 Å². The van der Waals surface area contributed by atoms with Gasteiger partial charge in [-0.25, -0.2) is 18.4 Å². The normalized spacial score (nSPS) is 11.2. The molecule has 2 aromatic heterocycles. The Morgan fingerprint density at radius 1 is 1.08 bits per heavy atom. The lowest BCUT2D eigenvalue weighted by Gasteiger charge is -2.03. The van der Waals surface area contributed by atoms with Crippen molar-refractivity contribution >= 4 is 11.3 Å². The number of aromatic nitrogens is 3. The molecule has 0 unspecified atom stereocenters. The molecule has 0 bridgehead atoms. The number of nitrogens with zero attached hydrogens (tertiary/aromatic N) is 3. The van der Waals surface area contributed by atoms with E-state index < -0.39 is 11.6 Å². The lowest BCUT2D eigenvalue weighted by Crippen LogP contribution is -1.96. The second-order valence-electron chi connectivity index (χ2n) is 6.06. The molecule has 0 aliphatic rings. The van der Waals surface area contributed by atoms with E-state index in [1.165, 1.54) is 43.0 Å². The van der Waals surface area contributed by atoms with Crippen molar-refractivity contribution < 1.29 is 8.78 Å². The average Bonchev–Trinajstić information content (AvgIpc) is 3.18. The highest BCUT2D eigenvalue weighted by Crippen LogP contribution is 2.32. The maximum Gasteiger partial charge on any atom is 0.187 e. The van der Waals surface area contributed by atoms with Gasteiger partial charge in [-0.2, -0.15) is 5.10 Å². The highest BCUT2D eigenvalue weighted by Gasteiger charge is 2.20. The topological polar surface area (TPSA) is 30.7 Å². The average molecular weight is 361 g/mol. The summed E-state index contributed by atoms with van der Waals surface area (Å²) in [5.74, 6) is -0.567. The van der Waals surface area contributed by atoms with E-state index in [0.717, 1.165) is 17.7 Å². The number of thiophene rings is 1. The number of unbranched alkanes of at least 4 members (excludes halogenated alkanes) is 3. The first-order chi connectivity index (χ1) is 12.1. The minimum absolute atomic E-state index is 0.0819. The molecule has 3 nitrogen and oxygen atoms in total. The molecule has 0 saturated heterocycles. The van der Waals surface area contributed by atoms with Crippen LogP contribution in [0.15, 0.2) is 29.6 Å². The van der Waals surface area contributed by atoms with Crippen molar-refractivity contribution in [3.05, 3.63) is 46.8 Å². The zero-order chi connectivity index (χ0) is 17.8. The largest absolute Gasteiger partial charge is 0.248 e. The minimum Gasteiger partial charge on any atom is -0.248 e. The Morgan fingerprint density at radius 2 is 1.84 bits per heavy atom. The van der Waals surface area contributed by atoms with Crippen LogP contribution in [0.4, 0.5) is 8.78 Å². The van der Waals surface area contributed by atoms with Crippen molar-refractivity contribution in [2.24, 2.45) is 7.05 Å². The first-order valence-electron chi connectivity index (χ1n) is 8.54. The fraction of sp³-hybridized carbons (Fsp3) is 0.368. The summed E-state index contributed by atoms with van der Waals surface area (Å²) in [5.41, 5.74) is 1.04. The molecule has 0 atom stereocenters. The van der Waals surface area contributed by atoms with E-state index in [1.54, 1.807) is 23.1 Å². The van der Waals surface area contributed by atoms with E-state index in [-0.39, 0.29) is 11.4 Å². The molecule has 3 rings (SSSR count). The van der Waals surface area contributed by atoms with Gasteiger partial charge in [0.1, 0.15) is 11.6 Å². The molecular formula is C19H21F2N3S. The highest BCUT2D eigenvalue weighted by molar-refractivity contribution is 7.13. The summed E-state index contributed by atoms with van der Waals surface area (Å²) in [6.07, 6.45) is 5.76. The van der Waals surface area contributed by atoms with Gasteiger partial charge >= 0.3 is 0 Å². The number of rotatable bonds is 7. The SMILES string of the molecule is CCCCCCc1ccsc1-c1nc(-c2c(F)cccc2F)nn1C. The molecule has 3 aromatic rings. The van der Waals surface area contributed by atoms with Gasteiger partial charge in [-0.1, -0.05) is 32.3 Å². The first kappa shape index (κ1) is 17.7. The molecule has 0 aliphatic heterocycles. The Morgan fingerprint density at radius 3 is 2.56 bits per heavy atom. The molecule has 2 heterocycles. The van der Waals surface area contributed by atoms with Crippen molar-refractivity contribution in [3.8, 4) is 22.1 Å². The Labute approximate surface area is 150 Å². The molecule has 0 saturated carbocycles. The summed E-state index contributed by atoms with van der Waals surface area (Å²) in [4.78, 5) is 5.45. The highest BCUT2D eigenvalue weighted by atomic mass is 32.1. The molecule has 0 N–H and O–H groups in total. The van der Waals surface area contributed by atoms with Crippen molar-refractivity contribution in [1.82, 2.24) is 14.8 Å². The van der Waals surface area contributed by atoms with Gasteiger partial charge in [-0.05, 0) is 42.0 Å². The van der Waals surface area contributed by atoms with Crippen LogP contribution in [0.25, 0.3) is 22.1 Å². The maximum atomic E-state index is 14.0. The third kappa shape index (κ3) is 3.79. The summed E-state index contributed by atoms with van der Waals surface area (Å²) in [6.45, 7) is 2.19. The first-order valence-corrected chi connectivity index (χ1v) is 9.42. The van der Waals surface area contributed by atoms with Crippen LogP contribution in [0.1, 0.15) is 38.2 Å². The summed E-state index contributed by atoms with van der Waals surface area (Å²) in [6, 6.07) is 5.88. The molecule has 0 spiro atoms. The molecule has 6 heteroatoms. The molecule has 0 aliphatic carbocycles. The summed E-state index contributed by atoms with van der Waals surface area (Å²) >= 11 is 1.59. The van der Waals surface area contributed by atoms with Crippen LogP contribution in [-0.4, -0.2) is 14.8 Å². The minimum atomic E-state index is -0.650. The van der Waals surface area contributed by atoms with Gasteiger partial charge in [0.05, 0.1) is 10.4 Å². The number of hydrogen-bond donors (Lipinski definition) is 0. The van der Waals surface area contributed by atoms with E-state index in [4.69, 9.17) is 0 Å². The zero-order valence-electron chi connectivity index (χ0n) is 14.4. The lowest BCUT2D eigenvalue weighted by atomic mass is 10.1. The van der Waals surface area contributed by atoms with E-state index in [9.17, 15) is 8.78 Å². The second-order valence-corrected chi connectivity index (χ2v) is 6.98. The Balaban J connectivity index is 1.90. The van der Waals surface area contributed by atoms with Gasteiger partial charge in [0, 0.05) is 7.05 Å². The lowest BCUT2D eigenvalue weighted by molar-refractivity contribution is 0.587. The van der Waals surface area contributed by atoms with Crippen molar-refractivity contribution in [1.29, 1.82) is 0 Å². The standard InChI is InChI=1S/C19H21F2N3S/c1-3-4-5-6-8-13-11-12-25-17(13)19-22-18(23-24(19)2)16-14(20)9-7-10-15(16)21/h7,9-12H,3-6,8H2,1-2H3. The zero-order valence-corrected chi connectivity index (χ0v) is 15.2. The van der Waals surface area contributed by atoms with Crippen molar-refractivity contribution in [2.75, 3.05) is 0 Å². The molecule has 0 radical (unpaired) electrons. The monoisotopic (exact) mass is 361 g/mol. The predicted molar refractivity (Wildman–Crippen MR) is 97.5 cm³/mol. The fourth-order valence-corrected chi connectivity index (χ4v) is 3.84. The van der Waals surface area contributed by atoms with Crippen LogP contribution in [0.5, 0.6) is 0 Å². The Hall–Kier alpha value is -2.08.